The van der Waals surface area contributed by atoms with E-state index in [-0.39, 0.29) is 12.0 Å². The van der Waals surface area contributed by atoms with E-state index in [0.717, 1.165) is 0 Å². The zero-order chi connectivity index (χ0) is 9.72. The Hall–Kier alpha value is -1.23. The molecule has 0 saturated heterocycles. The number of carbonyl (C=O) groups is 2. The Bertz CT molecular complexity index is 256. The molecule has 0 radical (unpaired) electrons. The van der Waals surface area contributed by atoms with Gasteiger partial charge in [-0.25, -0.2) is 4.79 Å². The van der Waals surface area contributed by atoms with Crippen molar-refractivity contribution in [2.24, 2.45) is 5.73 Å². The first-order chi connectivity index (χ1) is 5.49. The van der Waals surface area contributed by atoms with Crippen LogP contribution < -0.4 is 5.73 Å². The summed E-state index contributed by atoms with van der Waals surface area (Å²) in [5.74, 6) is -2.55. The monoisotopic (exact) mass is 189 g/mol. The molecule has 0 aromatic rings. The number of carboxylic acids is 2. The summed E-state index contributed by atoms with van der Waals surface area (Å²) < 4.78 is 0. The predicted octanol–water partition coefficient (Wildman–Crippen LogP) is -0.602. The van der Waals surface area contributed by atoms with Gasteiger partial charge in [-0.15, -0.1) is 0 Å². The van der Waals surface area contributed by atoms with Crippen LogP contribution in [0.2, 0.25) is 0 Å². The van der Waals surface area contributed by atoms with Crippen molar-refractivity contribution in [3.8, 4) is 0 Å². The molecule has 0 spiro atoms. The standard InChI is InChI=1S/C6H7NO4S/c7-4(6(10)11)1-3(2-12)5(8)9/h4H,1,7H2,(H,8,9)(H,10,11)/t4-/m0/s1. The first-order valence-electron chi connectivity index (χ1n) is 2.94. The van der Waals surface area contributed by atoms with Crippen LogP contribution in [0.3, 0.4) is 0 Å². The molecule has 0 heterocycles. The number of hydrogen-bond acceptors (Lipinski definition) is 4. The second-order valence-electron chi connectivity index (χ2n) is 2.03. The highest BCUT2D eigenvalue weighted by Gasteiger charge is 2.17. The van der Waals surface area contributed by atoms with Crippen LogP contribution in [-0.2, 0) is 9.59 Å². The van der Waals surface area contributed by atoms with E-state index in [1.165, 1.54) is 0 Å². The second-order valence-corrected chi connectivity index (χ2v) is 2.24. The van der Waals surface area contributed by atoms with Gasteiger partial charge in [0.05, 0.1) is 5.57 Å². The number of thiocarbonyl (C=S) groups is 1. The summed E-state index contributed by atoms with van der Waals surface area (Å²) in [4.78, 5) is 20.5. The van der Waals surface area contributed by atoms with Crippen LogP contribution in [0, 0.1) is 0 Å². The lowest BCUT2D eigenvalue weighted by molar-refractivity contribution is -0.138. The maximum absolute atomic E-state index is 10.3. The minimum Gasteiger partial charge on any atom is -0.480 e. The fourth-order valence-electron chi connectivity index (χ4n) is 0.480. The number of nitrogens with two attached hydrogens (primary N) is 1. The van der Waals surface area contributed by atoms with Crippen LogP contribution in [0.4, 0.5) is 0 Å². The fraction of sp³-hybridized carbons (Fsp3) is 0.333. The summed E-state index contributed by atoms with van der Waals surface area (Å²) in [5.41, 5.74) is 4.77. The molecule has 12 heavy (non-hydrogen) atoms. The summed E-state index contributed by atoms with van der Waals surface area (Å²) in [6, 6.07) is -1.24. The van der Waals surface area contributed by atoms with Gasteiger partial charge in [-0.2, -0.15) is 0 Å². The Labute approximate surface area is 73.5 Å². The van der Waals surface area contributed by atoms with E-state index in [1.807, 2.05) is 5.02 Å². The molecule has 0 aliphatic carbocycles. The topological polar surface area (TPSA) is 101 Å². The summed E-state index contributed by atoms with van der Waals surface area (Å²) in [6.07, 6.45) is -0.311. The van der Waals surface area contributed by atoms with Crippen LogP contribution in [-0.4, -0.2) is 33.2 Å². The first kappa shape index (κ1) is 10.8. The van der Waals surface area contributed by atoms with Crippen LogP contribution in [0.15, 0.2) is 5.57 Å². The Morgan fingerprint density at radius 3 is 2.25 bits per heavy atom. The number of aliphatic carboxylic acids is 2. The van der Waals surface area contributed by atoms with E-state index in [1.54, 1.807) is 0 Å². The average Bonchev–Trinajstić information content (AvgIpc) is 1.98. The quantitative estimate of drug-likeness (QED) is 0.403. The lowest BCUT2D eigenvalue weighted by Crippen LogP contribution is -2.31. The summed E-state index contributed by atoms with van der Waals surface area (Å²) in [7, 11) is 0. The third-order valence-electron chi connectivity index (χ3n) is 1.12. The average molecular weight is 189 g/mol. The Morgan fingerprint density at radius 1 is 1.50 bits per heavy atom. The molecule has 0 amide bonds. The van der Waals surface area contributed by atoms with Gasteiger partial charge in [-0.3, -0.25) is 4.79 Å². The molecule has 0 unspecified atom stereocenters. The number of carboxylic acid groups (broad SMARTS) is 2. The smallest absolute Gasteiger partial charge is 0.340 e. The van der Waals surface area contributed by atoms with Crippen molar-refractivity contribution in [1.29, 1.82) is 0 Å². The van der Waals surface area contributed by atoms with Gasteiger partial charge in [-0.1, -0.05) is 0 Å². The number of hydrogen-bond donors (Lipinski definition) is 3. The van der Waals surface area contributed by atoms with Gasteiger partial charge >= 0.3 is 11.9 Å². The summed E-state index contributed by atoms with van der Waals surface area (Å²) >= 11 is 4.24. The van der Waals surface area contributed by atoms with Crippen LogP contribution >= 0.6 is 12.2 Å². The largest absolute Gasteiger partial charge is 0.480 e. The first-order valence-corrected chi connectivity index (χ1v) is 3.35. The molecular weight excluding hydrogens is 182 g/mol. The van der Waals surface area contributed by atoms with Gasteiger partial charge in [0.25, 0.3) is 0 Å². The van der Waals surface area contributed by atoms with Gasteiger partial charge in [0, 0.05) is 6.42 Å². The highest BCUT2D eigenvalue weighted by molar-refractivity contribution is 7.78. The molecule has 6 heteroatoms. The van der Waals surface area contributed by atoms with Crippen molar-refractivity contribution in [1.82, 2.24) is 0 Å². The van der Waals surface area contributed by atoms with Crippen molar-refractivity contribution in [2.45, 2.75) is 12.5 Å². The Balaban J connectivity index is 4.34. The third-order valence-corrected chi connectivity index (χ3v) is 1.37. The third kappa shape index (κ3) is 3.25. The molecule has 0 aliphatic heterocycles. The lowest BCUT2D eigenvalue weighted by atomic mass is 10.1. The van der Waals surface area contributed by atoms with E-state index >= 15 is 0 Å². The molecule has 1 atom stereocenters. The number of rotatable bonds is 4. The second kappa shape index (κ2) is 4.61. The van der Waals surface area contributed by atoms with E-state index < -0.39 is 18.0 Å². The maximum atomic E-state index is 10.3. The van der Waals surface area contributed by atoms with Crippen molar-refractivity contribution >= 4 is 29.2 Å². The van der Waals surface area contributed by atoms with Gasteiger partial charge in [0.1, 0.15) is 6.04 Å². The molecule has 0 aromatic carbocycles. The Kier molecular flexibility index (Phi) is 4.14. The highest BCUT2D eigenvalue weighted by Crippen LogP contribution is 2.00. The SMILES string of the molecule is N[C@@H](CC(=C=S)C(=O)O)C(=O)O. The maximum Gasteiger partial charge on any atom is 0.340 e. The van der Waals surface area contributed by atoms with Gasteiger partial charge < -0.3 is 15.9 Å². The zero-order valence-electron chi connectivity index (χ0n) is 5.98. The molecule has 66 valence electrons. The van der Waals surface area contributed by atoms with Gasteiger partial charge in [0.15, 0.2) is 0 Å². The van der Waals surface area contributed by atoms with E-state index in [9.17, 15) is 9.59 Å². The van der Waals surface area contributed by atoms with Crippen molar-refractivity contribution in [2.75, 3.05) is 0 Å². The lowest BCUT2D eigenvalue weighted by Gasteiger charge is -2.03. The van der Waals surface area contributed by atoms with E-state index in [2.05, 4.69) is 12.2 Å². The van der Waals surface area contributed by atoms with Crippen molar-refractivity contribution in [3.05, 3.63) is 5.57 Å². The fourth-order valence-corrected chi connectivity index (χ4v) is 0.650. The van der Waals surface area contributed by atoms with Crippen LogP contribution in [0.1, 0.15) is 6.42 Å². The summed E-state index contributed by atoms with van der Waals surface area (Å²) in [6.45, 7) is 0. The van der Waals surface area contributed by atoms with Crippen LogP contribution in [0.5, 0.6) is 0 Å². The minimum absolute atomic E-state index is 0.292. The molecule has 0 fully saturated rings. The Morgan fingerprint density at radius 2 is 2.00 bits per heavy atom. The van der Waals surface area contributed by atoms with Crippen LogP contribution in [0.25, 0.3) is 0 Å². The minimum atomic E-state index is -1.29. The van der Waals surface area contributed by atoms with Crippen molar-refractivity contribution < 1.29 is 19.8 Å². The molecule has 0 aromatic heterocycles. The molecule has 0 rings (SSSR count). The molecule has 5 nitrogen and oxygen atoms in total. The van der Waals surface area contributed by atoms with E-state index in [0.29, 0.717) is 0 Å². The predicted molar refractivity (Wildman–Crippen MR) is 44.0 cm³/mol. The van der Waals surface area contributed by atoms with Gasteiger partial charge in [0.2, 0.25) is 0 Å². The van der Waals surface area contributed by atoms with Crippen molar-refractivity contribution in [3.63, 3.8) is 0 Å². The molecule has 4 N–H and O–H groups in total. The summed E-state index contributed by atoms with van der Waals surface area (Å²) in [5, 5.41) is 18.6. The normalized spacial score (nSPS) is 11.4. The zero-order valence-corrected chi connectivity index (χ0v) is 6.80. The highest BCUT2D eigenvalue weighted by atomic mass is 32.1. The molecule has 0 saturated carbocycles. The molecular formula is C6H7NO4S. The van der Waals surface area contributed by atoms with E-state index in [4.69, 9.17) is 15.9 Å². The molecule has 0 aliphatic rings. The van der Waals surface area contributed by atoms with Gasteiger partial charge in [-0.05, 0) is 17.2 Å². The molecule has 0 bridgehead atoms.